The number of para-hydroxylation sites is 1. The van der Waals surface area contributed by atoms with Crippen LogP contribution in [0.4, 0.5) is 14.5 Å². The van der Waals surface area contributed by atoms with Crippen LogP contribution in [0.3, 0.4) is 0 Å². The Hall–Kier alpha value is -3.52. The smallest absolute Gasteiger partial charge is 0.234 e. The van der Waals surface area contributed by atoms with Gasteiger partial charge in [-0.05, 0) is 24.3 Å². The molecule has 1 N–H and O–H groups in total. The molecule has 0 saturated heterocycles. The third kappa shape index (κ3) is 4.38. The van der Waals surface area contributed by atoms with Gasteiger partial charge in [0.2, 0.25) is 5.91 Å². The molecule has 0 fully saturated rings. The van der Waals surface area contributed by atoms with E-state index >= 15 is 0 Å². The van der Waals surface area contributed by atoms with E-state index in [4.69, 9.17) is 0 Å². The van der Waals surface area contributed by atoms with Crippen LogP contribution >= 0.6 is 11.8 Å². The Bertz CT molecular complexity index is 1170. The first-order valence-corrected chi connectivity index (χ1v) is 10.0. The maximum atomic E-state index is 13.8. The minimum absolute atomic E-state index is 0.0459. The Balaban J connectivity index is 1.58. The highest BCUT2D eigenvalue weighted by atomic mass is 32.2. The van der Waals surface area contributed by atoms with Gasteiger partial charge in [0.25, 0.3) is 0 Å². The molecule has 0 unspecified atom stereocenters. The van der Waals surface area contributed by atoms with Crippen molar-refractivity contribution >= 4 is 23.4 Å². The van der Waals surface area contributed by atoms with Gasteiger partial charge < -0.3 is 5.32 Å². The zero-order valence-corrected chi connectivity index (χ0v) is 16.4. The van der Waals surface area contributed by atoms with Gasteiger partial charge in [-0.3, -0.25) is 9.36 Å². The molecule has 1 aromatic heterocycles. The molecule has 0 aliphatic heterocycles. The third-order valence-electron chi connectivity index (χ3n) is 4.21. The molecule has 0 spiro atoms. The van der Waals surface area contributed by atoms with Gasteiger partial charge in [-0.15, -0.1) is 10.2 Å². The highest BCUT2D eigenvalue weighted by molar-refractivity contribution is 7.99. The average Bonchev–Trinajstić information content (AvgIpc) is 3.20. The molecule has 0 bridgehead atoms. The molecule has 8 heteroatoms. The lowest BCUT2D eigenvalue weighted by Gasteiger charge is -2.10. The number of amides is 1. The number of halogens is 2. The van der Waals surface area contributed by atoms with Gasteiger partial charge in [-0.2, -0.15) is 0 Å². The molecule has 1 heterocycles. The molecular formula is C22H16F2N4OS. The van der Waals surface area contributed by atoms with Crippen molar-refractivity contribution in [2.24, 2.45) is 0 Å². The van der Waals surface area contributed by atoms with Crippen LogP contribution < -0.4 is 5.32 Å². The molecule has 0 saturated carbocycles. The first-order chi connectivity index (χ1) is 14.6. The summed E-state index contributed by atoms with van der Waals surface area (Å²) in [5, 5.41) is 11.4. The Kier molecular flexibility index (Phi) is 5.85. The van der Waals surface area contributed by atoms with Crippen LogP contribution in [0, 0.1) is 11.6 Å². The van der Waals surface area contributed by atoms with Crippen molar-refractivity contribution in [3.05, 3.63) is 90.5 Å². The third-order valence-corrected chi connectivity index (χ3v) is 5.14. The Morgan fingerprint density at radius 1 is 0.933 bits per heavy atom. The van der Waals surface area contributed by atoms with Crippen LogP contribution in [-0.2, 0) is 4.79 Å². The van der Waals surface area contributed by atoms with Crippen molar-refractivity contribution in [2.45, 2.75) is 5.16 Å². The predicted octanol–water partition coefficient (Wildman–Crippen LogP) is 4.94. The molecule has 150 valence electrons. The number of nitrogens with one attached hydrogen (secondary N) is 1. The van der Waals surface area contributed by atoms with Gasteiger partial charge in [-0.1, -0.05) is 60.3 Å². The maximum Gasteiger partial charge on any atom is 0.234 e. The van der Waals surface area contributed by atoms with Crippen LogP contribution in [0.15, 0.2) is 84.0 Å². The van der Waals surface area contributed by atoms with Gasteiger partial charge in [0, 0.05) is 17.3 Å². The second-order valence-electron chi connectivity index (χ2n) is 6.30. The predicted molar refractivity (Wildman–Crippen MR) is 113 cm³/mol. The minimum Gasteiger partial charge on any atom is -0.323 e. The quantitative estimate of drug-likeness (QED) is 0.447. The van der Waals surface area contributed by atoms with Crippen LogP contribution in [0.5, 0.6) is 0 Å². The van der Waals surface area contributed by atoms with Crippen molar-refractivity contribution in [1.82, 2.24) is 14.8 Å². The molecule has 0 radical (unpaired) electrons. The number of carbonyl (C=O) groups excluding carboxylic acids is 1. The van der Waals surface area contributed by atoms with Crippen LogP contribution in [-0.4, -0.2) is 26.4 Å². The molecule has 3 aromatic carbocycles. The lowest BCUT2D eigenvalue weighted by molar-refractivity contribution is -0.113. The normalized spacial score (nSPS) is 10.7. The molecule has 0 atom stereocenters. The number of rotatable bonds is 6. The van der Waals surface area contributed by atoms with E-state index in [2.05, 4.69) is 15.5 Å². The van der Waals surface area contributed by atoms with Crippen molar-refractivity contribution < 1.29 is 13.6 Å². The van der Waals surface area contributed by atoms with Gasteiger partial charge in [0.1, 0.15) is 11.6 Å². The number of carbonyl (C=O) groups is 1. The van der Waals surface area contributed by atoms with Crippen LogP contribution in [0.2, 0.25) is 0 Å². The van der Waals surface area contributed by atoms with E-state index in [1.165, 1.54) is 0 Å². The first-order valence-electron chi connectivity index (χ1n) is 9.06. The van der Waals surface area contributed by atoms with Crippen molar-refractivity contribution in [2.75, 3.05) is 11.1 Å². The molecular weight excluding hydrogens is 406 g/mol. The average molecular weight is 422 g/mol. The second kappa shape index (κ2) is 8.87. The van der Waals surface area contributed by atoms with E-state index in [0.717, 1.165) is 41.2 Å². The molecule has 5 nitrogen and oxygen atoms in total. The fraction of sp³-hybridized carbons (Fsp3) is 0.0455. The highest BCUT2D eigenvalue weighted by Gasteiger charge is 2.17. The van der Waals surface area contributed by atoms with E-state index < -0.39 is 17.5 Å². The fourth-order valence-electron chi connectivity index (χ4n) is 2.86. The Morgan fingerprint density at radius 3 is 2.37 bits per heavy atom. The first kappa shape index (κ1) is 19.8. The molecule has 1 amide bonds. The Morgan fingerprint density at radius 2 is 1.63 bits per heavy atom. The summed E-state index contributed by atoms with van der Waals surface area (Å²) in [5.74, 6) is -1.21. The summed E-state index contributed by atoms with van der Waals surface area (Å²) < 4.78 is 28.9. The topological polar surface area (TPSA) is 59.8 Å². The fourth-order valence-corrected chi connectivity index (χ4v) is 3.61. The van der Waals surface area contributed by atoms with E-state index in [1.807, 2.05) is 65.2 Å². The van der Waals surface area contributed by atoms with E-state index in [-0.39, 0.29) is 11.4 Å². The maximum absolute atomic E-state index is 13.8. The van der Waals surface area contributed by atoms with E-state index in [9.17, 15) is 13.6 Å². The van der Waals surface area contributed by atoms with Crippen molar-refractivity contribution in [3.8, 4) is 17.1 Å². The summed E-state index contributed by atoms with van der Waals surface area (Å²) in [6, 6.07) is 22.0. The number of benzene rings is 3. The van der Waals surface area contributed by atoms with Gasteiger partial charge in [0.05, 0.1) is 11.4 Å². The molecule has 4 aromatic rings. The van der Waals surface area contributed by atoms with Gasteiger partial charge in [0.15, 0.2) is 11.0 Å². The van der Waals surface area contributed by atoms with Crippen molar-refractivity contribution in [3.63, 3.8) is 0 Å². The summed E-state index contributed by atoms with van der Waals surface area (Å²) in [6.45, 7) is 0. The monoisotopic (exact) mass is 422 g/mol. The SMILES string of the molecule is O=C(CSc1nnc(-c2ccccc2)n1-c1ccccc1)Nc1cc(F)ccc1F. The van der Waals surface area contributed by atoms with Crippen LogP contribution in [0.25, 0.3) is 17.1 Å². The van der Waals surface area contributed by atoms with Gasteiger partial charge in [-0.25, -0.2) is 8.78 Å². The summed E-state index contributed by atoms with van der Waals surface area (Å²) in [6.07, 6.45) is 0. The van der Waals surface area contributed by atoms with Gasteiger partial charge >= 0.3 is 0 Å². The lowest BCUT2D eigenvalue weighted by Crippen LogP contribution is -2.15. The largest absolute Gasteiger partial charge is 0.323 e. The standard InChI is InChI=1S/C22H16F2N4OS/c23-16-11-12-18(24)19(13-16)25-20(29)14-30-22-27-26-21(15-7-3-1-4-8-15)28(22)17-9-5-2-6-10-17/h1-13H,14H2,(H,25,29). The highest BCUT2D eigenvalue weighted by Crippen LogP contribution is 2.28. The van der Waals surface area contributed by atoms with E-state index in [1.54, 1.807) is 0 Å². The van der Waals surface area contributed by atoms with Crippen molar-refractivity contribution in [1.29, 1.82) is 0 Å². The molecule has 0 aliphatic carbocycles. The molecule has 4 rings (SSSR count). The molecule has 30 heavy (non-hydrogen) atoms. The summed E-state index contributed by atoms with van der Waals surface area (Å²) in [4.78, 5) is 12.3. The number of hydrogen-bond acceptors (Lipinski definition) is 4. The number of aromatic nitrogens is 3. The number of nitrogens with zero attached hydrogens (tertiary/aromatic N) is 3. The Labute approximate surface area is 175 Å². The number of anilines is 1. The second-order valence-corrected chi connectivity index (χ2v) is 7.25. The number of thioether (sulfide) groups is 1. The van der Waals surface area contributed by atoms with E-state index in [0.29, 0.717) is 11.0 Å². The molecule has 0 aliphatic rings. The zero-order chi connectivity index (χ0) is 20.9. The lowest BCUT2D eigenvalue weighted by atomic mass is 10.2. The summed E-state index contributed by atoms with van der Waals surface area (Å²) >= 11 is 1.16. The zero-order valence-electron chi connectivity index (χ0n) is 15.6. The van der Waals surface area contributed by atoms with Crippen LogP contribution in [0.1, 0.15) is 0 Å². The number of hydrogen-bond donors (Lipinski definition) is 1. The minimum atomic E-state index is -0.700. The summed E-state index contributed by atoms with van der Waals surface area (Å²) in [7, 11) is 0. The summed E-state index contributed by atoms with van der Waals surface area (Å²) in [5.41, 5.74) is 1.53.